The van der Waals surface area contributed by atoms with Gasteiger partial charge in [-0.2, -0.15) is 0 Å². The van der Waals surface area contributed by atoms with Crippen LogP contribution in [0.5, 0.6) is 0 Å². The summed E-state index contributed by atoms with van der Waals surface area (Å²) in [6.07, 6.45) is 1.13. The zero-order valence-electron chi connectivity index (χ0n) is 8.13. The van der Waals surface area contributed by atoms with Crippen LogP contribution < -0.4 is 5.32 Å². The number of hydrogen-bond donors (Lipinski definition) is 1. The van der Waals surface area contributed by atoms with Crippen LogP contribution in [0.25, 0.3) is 0 Å². The van der Waals surface area contributed by atoms with Crippen molar-refractivity contribution >= 4 is 16.9 Å². The Kier molecular flexibility index (Phi) is 3.92. The van der Waals surface area contributed by atoms with Gasteiger partial charge in [0, 0.05) is 18.3 Å². The van der Waals surface area contributed by atoms with Gasteiger partial charge in [0.15, 0.2) is 5.17 Å². The standard InChI is InChI=1S/C9H18N2S/c1-4-5-10-9-11-8(3)7(2)6-12-9/h7-8H,4-6H2,1-3H3,(H,10,11). The molecule has 0 aromatic carbocycles. The van der Waals surface area contributed by atoms with Crippen LogP contribution in [-0.2, 0) is 0 Å². The van der Waals surface area contributed by atoms with Gasteiger partial charge in [-0.05, 0) is 19.3 Å². The molecule has 12 heavy (non-hydrogen) atoms. The molecule has 3 heteroatoms. The van der Waals surface area contributed by atoms with Gasteiger partial charge < -0.3 is 5.32 Å². The second-order valence-electron chi connectivity index (χ2n) is 3.41. The summed E-state index contributed by atoms with van der Waals surface area (Å²) in [6, 6.07) is 0.585. The normalized spacial score (nSPS) is 33.4. The average molecular weight is 186 g/mol. The third-order valence-corrected chi connectivity index (χ3v) is 3.38. The molecule has 70 valence electrons. The molecule has 1 fully saturated rings. The first-order valence-corrected chi connectivity index (χ1v) is 5.66. The summed E-state index contributed by atoms with van der Waals surface area (Å²) in [5, 5.41) is 4.56. The molecule has 0 saturated carbocycles. The predicted octanol–water partition coefficient (Wildman–Crippen LogP) is 2.11. The fraction of sp³-hybridized carbons (Fsp3) is 0.889. The zero-order valence-corrected chi connectivity index (χ0v) is 8.95. The average Bonchev–Trinajstić information content (AvgIpc) is 2.07. The van der Waals surface area contributed by atoms with E-state index in [4.69, 9.17) is 0 Å². The molecular weight excluding hydrogens is 168 g/mol. The molecule has 1 aliphatic heterocycles. The molecule has 2 nitrogen and oxygen atoms in total. The Morgan fingerprint density at radius 1 is 1.58 bits per heavy atom. The van der Waals surface area contributed by atoms with Gasteiger partial charge >= 0.3 is 0 Å². The van der Waals surface area contributed by atoms with E-state index in [2.05, 4.69) is 31.1 Å². The summed E-state index contributed by atoms with van der Waals surface area (Å²) in [5.74, 6) is 1.96. The molecule has 1 saturated heterocycles. The van der Waals surface area contributed by atoms with Crippen molar-refractivity contribution in [3.8, 4) is 0 Å². The number of thioether (sulfide) groups is 1. The lowest BCUT2D eigenvalue weighted by Gasteiger charge is -2.28. The first kappa shape index (κ1) is 9.90. The molecular formula is C9H18N2S. The molecule has 1 rings (SSSR count). The van der Waals surface area contributed by atoms with E-state index in [1.54, 1.807) is 0 Å². The van der Waals surface area contributed by atoms with E-state index in [-0.39, 0.29) is 0 Å². The van der Waals surface area contributed by atoms with E-state index in [9.17, 15) is 0 Å². The third kappa shape index (κ3) is 2.70. The van der Waals surface area contributed by atoms with Crippen molar-refractivity contribution < 1.29 is 0 Å². The molecule has 2 unspecified atom stereocenters. The minimum atomic E-state index is 0.585. The van der Waals surface area contributed by atoms with Gasteiger partial charge in [0.1, 0.15) is 0 Å². The van der Waals surface area contributed by atoms with Crippen LogP contribution in [0.2, 0.25) is 0 Å². The van der Waals surface area contributed by atoms with E-state index in [0.717, 1.165) is 24.1 Å². The molecule has 0 aromatic rings. The topological polar surface area (TPSA) is 24.4 Å². The Hall–Kier alpha value is -0.180. The van der Waals surface area contributed by atoms with Crippen LogP contribution in [0.1, 0.15) is 27.2 Å². The SMILES string of the molecule is CCCN=C1NC(C)C(C)CS1. The maximum atomic E-state index is 4.46. The van der Waals surface area contributed by atoms with Crippen molar-refractivity contribution in [2.45, 2.75) is 33.2 Å². The minimum Gasteiger partial charge on any atom is -0.362 e. The van der Waals surface area contributed by atoms with Gasteiger partial charge in [0.05, 0.1) is 0 Å². The largest absolute Gasteiger partial charge is 0.362 e. The first-order chi connectivity index (χ1) is 5.74. The molecule has 0 aliphatic carbocycles. The summed E-state index contributed by atoms with van der Waals surface area (Å²) in [5.41, 5.74) is 0. The molecule has 2 atom stereocenters. The Morgan fingerprint density at radius 2 is 2.33 bits per heavy atom. The Morgan fingerprint density at radius 3 is 2.92 bits per heavy atom. The number of hydrogen-bond acceptors (Lipinski definition) is 2. The van der Waals surface area contributed by atoms with Crippen LogP contribution in [0, 0.1) is 5.92 Å². The van der Waals surface area contributed by atoms with Crippen molar-refractivity contribution in [2.24, 2.45) is 10.9 Å². The van der Waals surface area contributed by atoms with Crippen molar-refractivity contribution in [1.29, 1.82) is 0 Å². The van der Waals surface area contributed by atoms with Crippen molar-refractivity contribution in [2.75, 3.05) is 12.3 Å². The molecule has 0 radical (unpaired) electrons. The summed E-state index contributed by atoms with van der Waals surface area (Å²) in [4.78, 5) is 4.46. The number of nitrogens with zero attached hydrogens (tertiary/aromatic N) is 1. The summed E-state index contributed by atoms with van der Waals surface area (Å²) in [6.45, 7) is 7.62. The zero-order chi connectivity index (χ0) is 8.97. The Balaban J connectivity index is 2.39. The fourth-order valence-corrected chi connectivity index (χ4v) is 2.20. The lowest BCUT2D eigenvalue weighted by Crippen LogP contribution is -2.41. The summed E-state index contributed by atoms with van der Waals surface area (Å²) in [7, 11) is 0. The highest BCUT2D eigenvalue weighted by Crippen LogP contribution is 2.19. The smallest absolute Gasteiger partial charge is 0.156 e. The van der Waals surface area contributed by atoms with E-state index in [0.29, 0.717) is 6.04 Å². The lowest BCUT2D eigenvalue weighted by atomic mass is 10.1. The minimum absolute atomic E-state index is 0.585. The van der Waals surface area contributed by atoms with E-state index in [1.807, 2.05) is 11.8 Å². The molecule has 1 aliphatic rings. The number of aliphatic imine (C=N–C) groups is 1. The highest BCUT2D eigenvalue weighted by atomic mass is 32.2. The van der Waals surface area contributed by atoms with Crippen LogP contribution in [-0.4, -0.2) is 23.5 Å². The first-order valence-electron chi connectivity index (χ1n) is 4.67. The van der Waals surface area contributed by atoms with Gasteiger partial charge in [0.25, 0.3) is 0 Å². The molecule has 0 spiro atoms. The third-order valence-electron chi connectivity index (χ3n) is 2.17. The van der Waals surface area contributed by atoms with E-state index in [1.165, 1.54) is 5.75 Å². The van der Waals surface area contributed by atoms with Gasteiger partial charge in [-0.25, -0.2) is 0 Å². The second kappa shape index (κ2) is 4.75. The predicted molar refractivity (Wildman–Crippen MR) is 56.8 cm³/mol. The second-order valence-corrected chi connectivity index (χ2v) is 4.42. The van der Waals surface area contributed by atoms with E-state index < -0.39 is 0 Å². The Bertz CT molecular complexity index is 168. The molecule has 0 bridgehead atoms. The van der Waals surface area contributed by atoms with Crippen LogP contribution in [0.3, 0.4) is 0 Å². The maximum absolute atomic E-state index is 4.46. The summed E-state index contributed by atoms with van der Waals surface area (Å²) < 4.78 is 0. The van der Waals surface area contributed by atoms with Gasteiger partial charge in [-0.15, -0.1) is 0 Å². The quantitative estimate of drug-likeness (QED) is 0.714. The van der Waals surface area contributed by atoms with Gasteiger partial charge in [-0.1, -0.05) is 25.6 Å². The molecule has 0 amide bonds. The maximum Gasteiger partial charge on any atom is 0.156 e. The van der Waals surface area contributed by atoms with Gasteiger partial charge in [-0.3, -0.25) is 4.99 Å². The summed E-state index contributed by atoms with van der Waals surface area (Å²) >= 11 is 1.85. The van der Waals surface area contributed by atoms with Crippen molar-refractivity contribution in [3.05, 3.63) is 0 Å². The Labute approximate surface area is 79.2 Å². The lowest BCUT2D eigenvalue weighted by molar-refractivity contribution is 0.490. The number of rotatable bonds is 2. The monoisotopic (exact) mass is 186 g/mol. The van der Waals surface area contributed by atoms with Gasteiger partial charge in [0.2, 0.25) is 0 Å². The molecule has 0 aromatic heterocycles. The van der Waals surface area contributed by atoms with Crippen LogP contribution >= 0.6 is 11.8 Å². The highest BCUT2D eigenvalue weighted by Gasteiger charge is 2.19. The molecule has 1 N–H and O–H groups in total. The van der Waals surface area contributed by atoms with Crippen molar-refractivity contribution in [1.82, 2.24) is 5.32 Å². The van der Waals surface area contributed by atoms with Crippen molar-refractivity contribution in [3.63, 3.8) is 0 Å². The number of amidine groups is 1. The van der Waals surface area contributed by atoms with Crippen LogP contribution in [0.4, 0.5) is 0 Å². The highest BCUT2D eigenvalue weighted by molar-refractivity contribution is 8.13. The van der Waals surface area contributed by atoms with Crippen LogP contribution in [0.15, 0.2) is 4.99 Å². The van der Waals surface area contributed by atoms with E-state index >= 15 is 0 Å². The molecule has 1 heterocycles. The number of nitrogens with one attached hydrogen (secondary N) is 1. The fourth-order valence-electron chi connectivity index (χ4n) is 1.04.